The average Bonchev–Trinajstić information content (AvgIpc) is 2.61. The fourth-order valence-corrected chi connectivity index (χ4v) is 3.23. The van der Waals surface area contributed by atoms with Crippen LogP contribution in [0.1, 0.15) is 24.1 Å². The minimum Gasteiger partial charge on any atom is -0.302 e. The molecule has 7 nitrogen and oxygen atoms in total. The molecular formula is C17H20F3N5O2. The summed E-state index contributed by atoms with van der Waals surface area (Å²) in [4.78, 5) is 32.6. The molecule has 0 atom stereocenters. The number of halogens is 3. The number of likely N-dealkylation sites (tertiary alicyclic amines) is 1. The van der Waals surface area contributed by atoms with Gasteiger partial charge in [-0.3, -0.25) is 14.3 Å². The molecule has 2 aromatic heterocycles. The number of nitrogens with zero attached hydrogens (tertiary/aromatic N) is 5. The fraction of sp³-hybridized carbons (Fsp3) is 0.529. The minimum absolute atomic E-state index is 0.204. The second-order valence-electron chi connectivity index (χ2n) is 6.84. The number of alkyl halides is 3. The van der Waals surface area contributed by atoms with Crippen LogP contribution in [0.25, 0.3) is 0 Å². The molecule has 0 spiro atoms. The van der Waals surface area contributed by atoms with Crippen LogP contribution in [0.5, 0.6) is 0 Å². The van der Waals surface area contributed by atoms with Crippen LogP contribution in [0.15, 0.2) is 34.4 Å². The van der Waals surface area contributed by atoms with Gasteiger partial charge in [0.25, 0.3) is 5.56 Å². The van der Waals surface area contributed by atoms with Gasteiger partial charge in [-0.25, -0.2) is 14.8 Å². The van der Waals surface area contributed by atoms with Crippen LogP contribution < -0.4 is 11.2 Å². The lowest BCUT2D eigenvalue weighted by atomic mass is 9.96. The van der Waals surface area contributed by atoms with Crippen molar-refractivity contribution in [1.82, 2.24) is 24.0 Å². The van der Waals surface area contributed by atoms with E-state index in [1.165, 1.54) is 9.13 Å². The topological polar surface area (TPSA) is 73.0 Å². The van der Waals surface area contributed by atoms with E-state index in [0.717, 1.165) is 37.8 Å². The van der Waals surface area contributed by atoms with Crippen molar-refractivity contribution in [3.63, 3.8) is 0 Å². The lowest BCUT2D eigenvalue weighted by molar-refractivity contribution is -0.141. The Hall–Kier alpha value is -2.49. The highest BCUT2D eigenvalue weighted by Crippen LogP contribution is 2.26. The zero-order valence-electron chi connectivity index (χ0n) is 14.8. The molecule has 1 aliphatic heterocycles. The zero-order valence-corrected chi connectivity index (χ0v) is 14.8. The summed E-state index contributed by atoms with van der Waals surface area (Å²) in [5.41, 5.74) is -1.20. The van der Waals surface area contributed by atoms with Crippen LogP contribution in [0, 0.1) is 5.92 Å². The zero-order chi connectivity index (χ0) is 19.6. The highest BCUT2D eigenvalue weighted by Gasteiger charge is 2.33. The molecule has 146 valence electrons. The summed E-state index contributed by atoms with van der Waals surface area (Å²) < 4.78 is 40.4. The van der Waals surface area contributed by atoms with Gasteiger partial charge >= 0.3 is 11.9 Å². The van der Waals surface area contributed by atoms with Gasteiger partial charge in [0.05, 0.1) is 6.33 Å². The second-order valence-corrected chi connectivity index (χ2v) is 6.84. The van der Waals surface area contributed by atoms with Gasteiger partial charge in [-0.2, -0.15) is 13.2 Å². The number of aromatic nitrogens is 4. The number of hydrogen-bond acceptors (Lipinski definition) is 5. The molecular weight excluding hydrogens is 363 g/mol. The third-order valence-corrected chi connectivity index (χ3v) is 4.74. The molecule has 0 N–H and O–H groups in total. The molecule has 0 amide bonds. The summed E-state index contributed by atoms with van der Waals surface area (Å²) in [5, 5.41) is 0. The highest BCUT2D eigenvalue weighted by molar-refractivity contribution is 5.04. The predicted molar refractivity (Wildman–Crippen MR) is 91.0 cm³/mol. The van der Waals surface area contributed by atoms with Gasteiger partial charge < -0.3 is 4.57 Å². The van der Waals surface area contributed by atoms with E-state index in [-0.39, 0.29) is 11.6 Å². The lowest BCUT2D eigenvalue weighted by Crippen LogP contribution is -2.36. The Morgan fingerprint density at radius 1 is 1.19 bits per heavy atom. The molecule has 10 heteroatoms. The van der Waals surface area contributed by atoms with E-state index >= 15 is 0 Å². The second kappa shape index (κ2) is 7.63. The molecule has 3 rings (SSSR count). The monoisotopic (exact) mass is 383 g/mol. The van der Waals surface area contributed by atoms with Crippen LogP contribution in [-0.4, -0.2) is 37.1 Å². The van der Waals surface area contributed by atoms with Crippen molar-refractivity contribution in [3.05, 3.63) is 56.9 Å². The summed E-state index contributed by atoms with van der Waals surface area (Å²) in [5.74, 6) is 0.204. The van der Waals surface area contributed by atoms with Crippen molar-refractivity contribution < 1.29 is 13.2 Å². The molecule has 1 aliphatic rings. The van der Waals surface area contributed by atoms with Crippen LogP contribution >= 0.6 is 0 Å². The number of hydrogen-bond donors (Lipinski definition) is 0. The van der Waals surface area contributed by atoms with Crippen LogP contribution in [-0.2, 0) is 26.3 Å². The Bertz CT molecular complexity index is 914. The smallest absolute Gasteiger partial charge is 0.302 e. The Morgan fingerprint density at radius 2 is 1.89 bits per heavy atom. The number of piperidine rings is 1. The van der Waals surface area contributed by atoms with E-state index in [2.05, 4.69) is 14.9 Å². The van der Waals surface area contributed by atoms with Gasteiger partial charge in [-0.05, 0) is 31.8 Å². The number of aryl methyl sites for hydroxylation is 1. The van der Waals surface area contributed by atoms with Crippen molar-refractivity contribution in [2.45, 2.75) is 32.1 Å². The molecule has 0 saturated carbocycles. The third-order valence-electron chi connectivity index (χ3n) is 4.74. The Labute approximate surface area is 153 Å². The standard InChI is InChI=1S/C17H20F3N5O2/c1-23-8-13(7-21-16(23)27)9-24-4-2-12(3-5-24)10-25-11-22-14(6-15(25)26)17(18,19)20/h6-8,11-12H,2-5,9-10H2,1H3. The first-order chi connectivity index (χ1) is 12.7. The Kier molecular flexibility index (Phi) is 5.45. The van der Waals surface area contributed by atoms with E-state index < -0.39 is 17.4 Å². The Morgan fingerprint density at radius 3 is 2.48 bits per heavy atom. The largest absolute Gasteiger partial charge is 0.433 e. The maximum Gasteiger partial charge on any atom is 0.433 e. The van der Waals surface area contributed by atoms with Crippen LogP contribution in [0.3, 0.4) is 0 Å². The van der Waals surface area contributed by atoms with E-state index in [9.17, 15) is 22.8 Å². The lowest BCUT2D eigenvalue weighted by Gasteiger charge is -2.32. The average molecular weight is 383 g/mol. The van der Waals surface area contributed by atoms with Gasteiger partial charge in [-0.1, -0.05) is 0 Å². The molecule has 1 saturated heterocycles. The molecule has 3 heterocycles. The first-order valence-corrected chi connectivity index (χ1v) is 8.60. The fourth-order valence-electron chi connectivity index (χ4n) is 3.23. The molecule has 0 radical (unpaired) electrons. The van der Waals surface area contributed by atoms with Gasteiger partial charge in [0.1, 0.15) is 0 Å². The first kappa shape index (κ1) is 19.3. The van der Waals surface area contributed by atoms with Crippen LogP contribution in [0.4, 0.5) is 13.2 Å². The van der Waals surface area contributed by atoms with Crippen molar-refractivity contribution in [2.24, 2.45) is 13.0 Å². The first-order valence-electron chi connectivity index (χ1n) is 8.60. The highest BCUT2D eigenvalue weighted by atomic mass is 19.4. The summed E-state index contributed by atoms with van der Waals surface area (Å²) in [7, 11) is 1.65. The third kappa shape index (κ3) is 4.82. The van der Waals surface area contributed by atoms with Crippen molar-refractivity contribution >= 4 is 0 Å². The SMILES string of the molecule is Cn1cc(CN2CCC(Cn3cnc(C(F)(F)F)cc3=O)CC2)cnc1=O. The van der Waals surface area contributed by atoms with Crippen molar-refractivity contribution in [1.29, 1.82) is 0 Å². The van der Waals surface area contributed by atoms with Gasteiger partial charge in [-0.15, -0.1) is 0 Å². The van der Waals surface area contributed by atoms with E-state index in [1.54, 1.807) is 19.4 Å². The quantitative estimate of drug-likeness (QED) is 0.795. The molecule has 0 aromatic carbocycles. The molecule has 1 fully saturated rings. The van der Waals surface area contributed by atoms with Crippen molar-refractivity contribution in [3.8, 4) is 0 Å². The maximum absolute atomic E-state index is 12.6. The van der Waals surface area contributed by atoms with Gasteiger partial charge in [0.2, 0.25) is 0 Å². The normalized spacial score (nSPS) is 16.6. The molecule has 0 bridgehead atoms. The Balaban J connectivity index is 1.56. The molecule has 2 aromatic rings. The van der Waals surface area contributed by atoms with Gasteiger partial charge in [0.15, 0.2) is 5.69 Å². The molecule has 0 aliphatic carbocycles. The predicted octanol–water partition coefficient (Wildman–Crippen LogP) is 1.27. The summed E-state index contributed by atoms with van der Waals surface area (Å²) in [6, 6.07) is 0.543. The molecule has 27 heavy (non-hydrogen) atoms. The van der Waals surface area contributed by atoms with Gasteiger partial charge in [0, 0.05) is 44.2 Å². The molecule has 0 unspecified atom stereocenters. The number of rotatable bonds is 4. The summed E-state index contributed by atoms with van der Waals surface area (Å²) >= 11 is 0. The minimum atomic E-state index is -4.61. The summed E-state index contributed by atoms with van der Waals surface area (Å²) in [6.07, 6.45) is 1.35. The van der Waals surface area contributed by atoms with Crippen molar-refractivity contribution in [2.75, 3.05) is 13.1 Å². The van der Waals surface area contributed by atoms with E-state index in [4.69, 9.17) is 0 Å². The maximum atomic E-state index is 12.6. The summed E-state index contributed by atoms with van der Waals surface area (Å²) in [6.45, 7) is 2.64. The van der Waals surface area contributed by atoms with E-state index in [1.807, 2.05) is 0 Å². The van der Waals surface area contributed by atoms with E-state index in [0.29, 0.717) is 19.2 Å². The van der Waals surface area contributed by atoms with Crippen LogP contribution in [0.2, 0.25) is 0 Å².